The summed E-state index contributed by atoms with van der Waals surface area (Å²) >= 11 is 0. The van der Waals surface area contributed by atoms with Crippen molar-refractivity contribution in [3.05, 3.63) is 52.6 Å². The zero-order chi connectivity index (χ0) is 19.6. The molecule has 0 spiro atoms. The van der Waals surface area contributed by atoms with Crippen LogP contribution in [0.15, 0.2) is 24.4 Å². The van der Waals surface area contributed by atoms with Gasteiger partial charge in [0.1, 0.15) is 0 Å². The number of aromatic amines is 1. The Balaban J connectivity index is 1.77. The van der Waals surface area contributed by atoms with Gasteiger partial charge in [-0.3, -0.25) is 14.6 Å². The number of rotatable bonds is 5. The molecular formula is C20H23N3O4. The lowest BCUT2D eigenvalue weighted by molar-refractivity contribution is -0.129. The van der Waals surface area contributed by atoms with E-state index in [0.29, 0.717) is 30.0 Å². The molecule has 1 unspecified atom stereocenters. The summed E-state index contributed by atoms with van der Waals surface area (Å²) in [6.07, 6.45) is 2.63. The number of nitrogens with zero attached hydrogens (tertiary/aromatic N) is 2. The van der Waals surface area contributed by atoms with Gasteiger partial charge in [-0.2, -0.15) is 0 Å². The molecule has 0 bridgehead atoms. The largest absolute Gasteiger partial charge is 0.465 e. The molecule has 0 aromatic carbocycles. The molecule has 0 saturated carbocycles. The van der Waals surface area contributed by atoms with Gasteiger partial charge >= 0.3 is 5.97 Å². The van der Waals surface area contributed by atoms with Crippen molar-refractivity contribution in [2.24, 2.45) is 0 Å². The molecule has 1 fully saturated rings. The summed E-state index contributed by atoms with van der Waals surface area (Å²) in [4.78, 5) is 45.8. The summed E-state index contributed by atoms with van der Waals surface area (Å²) < 4.78 is 4.83. The average Bonchev–Trinajstić information content (AvgIpc) is 3.27. The van der Waals surface area contributed by atoms with Crippen molar-refractivity contribution >= 4 is 17.7 Å². The van der Waals surface area contributed by atoms with Gasteiger partial charge in [-0.25, -0.2) is 4.79 Å². The molecule has 1 aliphatic heterocycles. The van der Waals surface area contributed by atoms with Crippen LogP contribution in [0, 0.1) is 6.92 Å². The van der Waals surface area contributed by atoms with E-state index < -0.39 is 5.97 Å². The maximum atomic E-state index is 12.8. The third-order valence-corrected chi connectivity index (χ3v) is 5.04. The Morgan fingerprint density at radius 2 is 2.11 bits per heavy atom. The highest BCUT2D eigenvalue weighted by atomic mass is 16.5. The molecular weight excluding hydrogens is 346 g/mol. The zero-order valence-electron chi connectivity index (χ0n) is 15.7. The third kappa shape index (κ3) is 3.77. The number of methoxy groups -OCH3 is 1. The van der Waals surface area contributed by atoms with E-state index in [9.17, 15) is 14.4 Å². The zero-order valence-corrected chi connectivity index (χ0v) is 15.7. The fourth-order valence-electron chi connectivity index (χ4n) is 3.63. The molecule has 1 N–H and O–H groups in total. The normalized spacial score (nSPS) is 16.4. The summed E-state index contributed by atoms with van der Waals surface area (Å²) in [7, 11) is 1.28. The molecule has 0 aliphatic carbocycles. The average molecular weight is 369 g/mol. The number of hydrogen-bond donors (Lipinski definition) is 1. The van der Waals surface area contributed by atoms with E-state index in [4.69, 9.17) is 4.74 Å². The first-order valence-electron chi connectivity index (χ1n) is 8.91. The Labute approximate surface area is 157 Å². The maximum absolute atomic E-state index is 12.8. The van der Waals surface area contributed by atoms with Crippen molar-refractivity contribution in [2.75, 3.05) is 20.2 Å². The van der Waals surface area contributed by atoms with Crippen LogP contribution in [0.4, 0.5) is 0 Å². The number of likely N-dealkylation sites (tertiary alicyclic amines) is 1. The van der Waals surface area contributed by atoms with Crippen LogP contribution in [-0.4, -0.2) is 52.7 Å². The Morgan fingerprint density at radius 3 is 2.74 bits per heavy atom. The van der Waals surface area contributed by atoms with E-state index in [0.717, 1.165) is 12.1 Å². The third-order valence-electron chi connectivity index (χ3n) is 5.04. The standard InChI is InChI=1S/C20H23N3O4/c1-12-18(20(26)27-3)16(22-19(12)13(2)24)10-17(25)23-9-7-14(11-23)15-6-4-5-8-21-15/h4-6,8,14,22H,7,9-11H2,1-3H3. The van der Waals surface area contributed by atoms with Crippen molar-refractivity contribution < 1.29 is 19.1 Å². The maximum Gasteiger partial charge on any atom is 0.339 e. The quantitative estimate of drug-likeness (QED) is 0.645. The van der Waals surface area contributed by atoms with E-state index in [1.54, 1.807) is 18.0 Å². The number of aromatic nitrogens is 2. The van der Waals surface area contributed by atoms with Crippen LogP contribution in [0.25, 0.3) is 0 Å². The fourth-order valence-corrected chi connectivity index (χ4v) is 3.63. The fraction of sp³-hybridized carbons (Fsp3) is 0.400. The highest BCUT2D eigenvalue weighted by Crippen LogP contribution is 2.27. The molecule has 7 heteroatoms. The van der Waals surface area contributed by atoms with Gasteiger partial charge in [0.05, 0.1) is 24.8 Å². The lowest BCUT2D eigenvalue weighted by atomic mass is 10.0. The van der Waals surface area contributed by atoms with Crippen LogP contribution in [-0.2, 0) is 16.0 Å². The van der Waals surface area contributed by atoms with Gasteiger partial charge in [-0.15, -0.1) is 0 Å². The number of H-pyrrole nitrogens is 1. The topological polar surface area (TPSA) is 92.4 Å². The highest BCUT2D eigenvalue weighted by Gasteiger charge is 2.30. The number of ketones is 1. The second-order valence-electron chi connectivity index (χ2n) is 6.78. The molecule has 2 aromatic heterocycles. The molecule has 3 heterocycles. The lowest BCUT2D eigenvalue weighted by Gasteiger charge is -2.16. The first-order chi connectivity index (χ1) is 12.9. The van der Waals surface area contributed by atoms with Crippen LogP contribution in [0.1, 0.15) is 57.1 Å². The number of pyridine rings is 1. The highest BCUT2D eigenvalue weighted by molar-refractivity contribution is 6.01. The first kappa shape index (κ1) is 18.8. The second kappa shape index (κ2) is 7.73. The Hall–Kier alpha value is -2.96. The van der Waals surface area contributed by atoms with Gasteiger partial charge < -0.3 is 14.6 Å². The van der Waals surface area contributed by atoms with Gasteiger partial charge in [0.25, 0.3) is 0 Å². The number of carbonyl (C=O) groups is 3. The van der Waals surface area contributed by atoms with E-state index in [2.05, 4.69) is 9.97 Å². The van der Waals surface area contributed by atoms with Crippen LogP contribution in [0.5, 0.6) is 0 Å². The summed E-state index contributed by atoms with van der Waals surface area (Å²) in [5, 5.41) is 0. The van der Waals surface area contributed by atoms with E-state index >= 15 is 0 Å². The molecule has 0 radical (unpaired) electrons. The van der Waals surface area contributed by atoms with Crippen LogP contribution in [0.2, 0.25) is 0 Å². The number of Topliss-reactive ketones (excluding diaryl/α,β-unsaturated/α-hetero) is 1. The van der Waals surface area contributed by atoms with Gasteiger partial charge in [-0.05, 0) is 31.0 Å². The van der Waals surface area contributed by atoms with E-state index in [1.807, 2.05) is 18.2 Å². The Kier molecular flexibility index (Phi) is 5.39. The molecule has 1 saturated heterocycles. The number of hydrogen-bond acceptors (Lipinski definition) is 5. The number of amides is 1. The van der Waals surface area contributed by atoms with Crippen molar-refractivity contribution in [3.63, 3.8) is 0 Å². The SMILES string of the molecule is COC(=O)c1c(CC(=O)N2CCC(c3ccccn3)C2)[nH]c(C(C)=O)c1C. The smallest absolute Gasteiger partial charge is 0.339 e. The van der Waals surface area contributed by atoms with Gasteiger partial charge in [0, 0.05) is 43.5 Å². The van der Waals surface area contributed by atoms with Crippen LogP contribution in [0.3, 0.4) is 0 Å². The summed E-state index contributed by atoms with van der Waals surface area (Å²) in [6.45, 7) is 4.35. The van der Waals surface area contributed by atoms with Crippen LogP contribution >= 0.6 is 0 Å². The van der Waals surface area contributed by atoms with E-state index in [1.165, 1.54) is 14.0 Å². The number of ether oxygens (including phenoxy) is 1. The number of esters is 1. The van der Waals surface area contributed by atoms with Crippen molar-refractivity contribution in [1.29, 1.82) is 0 Å². The molecule has 2 aromatic rings. The van der Waals surface area contributed by atoms with Crippen molar-refractivity contribution in [2.45, 2.75) is 32.6 Å². The Morgan fingerprint density at radius 1 is 1.33 bits per heavy atom. The van der Waals surface area contributed by atoms with Gasteiger partial charge in [0.15, 0.2) is 5.78 Å². The van der Waals surface area contributed by atoms with E-state index in [-0.39, 0.29) is 29.6 Å². The van der Waals surface area contributed by atoms with Gasteiger partial charge in [-0.1, -0.05) is 6.07 Å². The molecule has 3 rings (SSSR count). The first-order valence-corrected chi connectivity index (χ1v) is 8.91. The Bertz CT molecular complexity index is 873. The summed E-state index contributed by atoms with van der Waals surface area (Å²) in [5.74, 6) is -0.608. The second-order valence-corrected chi connectivity index (χ2v) is 6.78. The predicted molar refractivity (Wildman–Crippen MR) is 98.8 cm³/mol. The van der Waals surface area contributed by atoms with Crippen molar-refractivity contribution in [3.8, 4) is 0 Å². The molecule has 142 valence electrons. The summed E-state index contributed by atoms with van der Waals surface area (Å²) in [6, 6.07) is 5.79. The monoisotopic (exact) mass is 369 g/mol. The molecule has 1 aliphatic rings. The molecule has 1 amide bonds. The van der Waals surface area contributed by atoms with Crippen LogP contribution < -0.4 is 0 Å². The molecule has 1 atom stereocenters. The molecule has 27 heavy (non-hydrogen) atoms. The van der Waals surface area contributed by atoms with Gasteiger partial charge in [0.2, 0.25) is 5.91 Å². The lowest BCUT2D eigenvalue weighted by Crippen LogP contribution is -2.30. The summed E-state index contributed by atoms with van der Waals surface area (Å²) in [5.41, 5.74) is 2.54. The minimum atomic E-state index is -0.549. The van der Waals surface area contributed by atoms with Crippen molar-refractivity contribution in [1.82, 2.24) is 14.9 Å². The number of nitrogens with one attached hydrogen (secondary N) is 1. The predicted octanol–water partition coefficient (Wildman–Crippen LogP) is 2.27. The number of carbonyl (C=O) groups excluding carboxylic acids is 3. The minimum Gasteiger partial charge on any atom is -0.465 e. The minimum absolute atomic E-state index is 0.0213. The molecule has 7 nitrogen and oxygen atoms in total.